The number of aromatic nitrogens is 2. The summed E-state index contributed by atoms with van der Waals surface area (Å²) in [5.41, 5.74) is 2.90. The van der Waals surface area contributed by atoms with Crippen LogP contribution in [0.4, 0.5) is 0 Å². The van der Waals surface area contributed by atoms with Gasteiger partial charge in [0.1, 0.15) is 5.65 Å². The third-order valence-electron chi connectivity index (χ3n) is 4.31. The molecule has 0 unspecified atom stereocenters. The van der Waals surface area contributed by atoms with Gasteiger partial charge < -0.3 is 5.32 Å². The van der Waals surface area contributed by atoms with E-state index >= 15 is 0 Å². The van der Waals surface area contributed by atoms with Crippen molar-refractivity contribution in [1.82, 2.24) is 14.7 Å². The minimum atomic E-state index is -0.0738. The first-order chi connectivity index (χ1) is 11.2. The summed E-state index contributed by atoms with van der Waals surface area (Å²) >= 11 is 1.43. The van der Waals surface area contributed by atoms with E-state index in [0.717, 1.165) is 35.0 Å². The number of carbonyl (C=O) groups is 1. The molecule has 1 amide bonds. The second kappa shape index (κ2) is 5.85. The zero-order valence-electron chi connectivity index (χ0n) is 13.0. The molecule has 0 aromatic carbocycles. The number of pyridine rings is 1. The molecule has 0 radical (unpaired) electrons. The van der Waals surface area contributed by atoms with Crippen LogP contribution in [0.5, 0.6) is 0 Å². The van der Waals surface area contributed by atoms with Crippen LogP contribution >= 0.6 is 11.8 Å². The number of amidine groups is 1. The normalized spacial score (nSPS) is 22.6. The van der Waals surface area contributed by atoms with E-state index in [-0.39, 0.29) is 5.91 Å². The summed E-state index contributed by atoms with van der Waals surface area (Å²) in [5, 5.41) is 3.62. The van der Waals surface area contributed by atoms with Crippen LogP contribution < -0.4 is 5.32 Å². The van der Waals surface area contributed by atoms with Crippen LogP contribution in [0, 0.1) is 6.92 Å². The van der Waals surface area contributed by atoms with Gasteiger partial charge in [0, 0.05) is 5.69 Å². The van der Waals surface area contributed by atoms with Crippen LogP contribution in [-0.2, 0) is 4.79 Å². The second-order valence-corrected chi connectivity index (χ2v) is 7.01. The maximum Gasteiger partial charge on any atom is 0.264 e. The summed E-state index contributed by atoms with van der Waals surface area (Å²) in [6.45, 7) is 2.03. The van der Waals surface area contributed by atoms with E-state index in [0.29, 0.717) is 10.9 Å². The number of amides is 1. The summed E-state index contributed by atoms with van der Waals surface area (Å²) in [7, 11) is 0. The Hall–Kier alpha value is -2.08. The first-order valence-electron chi connectivity index (χ1n) is 7.92. The van der Waals surface area contributed by atoms with Crippen molar-refractivity contribution in [3.05, 3.63) is 40.7 Å². The summed E-state index contributed by atoms with van der Waals surface area (Å²) in [5.74, 6) is -0.0738. The van der Waals surface area contributed by atoms with Crippen molar-refractivity contribution >= 4 is 34.6 Å². The zero-order chi connectivity index (χ0) is 15.8. The monoisotopic (exact) mass is 326 g/mol. The van der Waals surface area contributed by atoms with Gasteiger partial charge in [0.05, 0.1) is 22.8 Å². The number of aryl methyl sites for hydroxylation is 1. The molecule has 6 heteroatoms. The smallest absolute Gasteiger partial charge is 0.264 e. The minimum Gasteiger partial charge on any atom is -0.301 e. The molecule has 1 aliphatic heterocycles. The number of fused-ring (bicyclic) bond motifs is 1. The maximum atomic E-state index is 12.2. The zero-order valence-corrected chi connectivity index (χ0v) is 13.8. The number of nitrogens with zero attached hydrogens (tertiary/aromatic N) is 3. The van der Waals surface area contributed by atoms with E-state index < -0.39 is 0 Å². The van der Waals surface area contributed by atoms with E-state index in [1.54, 1.807) is 6.20 Å². The molecule has 2 fully saturated rings. The molecule has 4 rings (SSSR count). The van der Waals surface area contributed by atoms with E-state index in [1.165, 1.54) is 24.6 Å². The molecule has 118 valence electrons. The lowest BCUT2D eigenvalue weighted by Gasteiger charge is -2.02. The quantitative estimate of drug-likeness (QED) is 0.863. The summed E-state index contributed by atoms with van der Waals surface area (Å²) in [4.78, 5) is 21.9. The van der Waals surface area contributed by atoms with Crippen molar-refractivity contribution in [2.75, 3.05) is 0 Å². The lowest BCUT2D eigenvalue weighted by Crippen LogP contribution is -2.21. The lowest BCUT2D eigenvalue weighted by atomic mass is 10.3. The van der Waals surface area contributed by atoms with Crippen LogP contribution in [0.3, 0.4) is 0 Å². The molecule has 23 heavy (non-hydrogen) atoms. The standard InChI is InChI=1S/C17H18N4OS/c1-11-5-4-8-15-18-10-13(21(11)15)9-14-16(22)20-17(23-14)19-12-6-2-3-7-12/h4-5,8-10,12H,2-3,6-7H2,1H3,(H,19,20,22)/b14-9-. The minimum absolute atomic E-state index is 0.0738. The van der Waals surface area contributed by atoms with Gasteiger partial charge in [0.15, 0.2) is 5.17 Å². The molecule has 2 aliphatic rings. The summed E-state index contributed by atoms with van der Waals surface area (Å²) < 4.78 is 2.05. The topological polar surface area (TPSA) is 58.8 Å². The van der Waals surface area contributed by atoms with Gasteiger partial charge >= 0.3 is 0 Å². The first-order valence-corrected chi connectivity index (χ1v) is 8.74. The fourth-order valence-electron chi connectivity index (χ4n) is 3.15. The summed E-state index contributed by atoms with van der Waals surface area (Å²) in [6.07, 6.45) is 8.43. The Kier molecular flexibility index (Phi) is 3.69. The van der Waals surface area contributed by atoms with E-state index in [9.17, 15) is 4.79 Å². The van der Waals surface area contributed by atoms with Gasteiger partial charge in [-0.15, -0.1) is 0 Å². The van der Waals surface area contributed by atoms with Crippen molar-refractivity contribution < 1.29 is 4.79 Å². The SMILES string of the molecule is Cc1cccc2ncc(/C=C3\SC(=NC4CCCC4)NC3=O)n12. The van der Waals surface area contributed by atoms with Gasteiger partial charge in [-0.1, -0.05) is 18.9 Å². The maximum absolute atomic E-state index is 12.2. The van der Waals surface area contributed by atoms with Crippen molar-refractivity contribution in [2.45, 2.75) is 38.6 Å². The van der Waals surface area contributed by atoms with Gasteiger partial charge in [-0.05, 0) is 49.7 Å². The van der Waals surface area contributed by atoms with Crippen molar-refractivity contribution in [1.29, 1.82) is 0 Å². The fraction of sp³-hybridized carbons (Fsp3) is 0.353. The third-order valence-corrected chi connectivity index (χ3v) is 5.23. The van der Waals surface area contributed by atoms with E-state index in [1.807, 2.05) is 35.6 Å². The molecular formula is C17H18N4OS. The van der Waals surface area contributed by atoms with Crippen LogP contribution in [0.15, 0.2) is 34.3 Å². The number of aliphatic imine (C=N–C) groups is 1. The van der Waals surface area contributed by atoms with E-state index in [4.69, 9.17) is 0 Å². The first kappa shape index (κ1) is 14.5. The number of carbonyl (C=O) groups excluding carboxylic acids is 1. The Balaban J connectivity index is 1.64. The molecule has 3 heterocycles. The van der Waals surface area contributed by atoms with E-state index in [2.05, 4.69) is 15.3 Å². The molecule has 2 aromatic heterocycles. The Morgan fingerprint density at radius 1 is 1.39 bits per heavy atom. The van der Waals surface area contributed by atoms with Crippen molar-refractivity contribution in [3.8, 4) is 0 Å². The van der Waals surface area contributed by atoms with Crippen molar-refractivity contribution in [3.63, 3.8) is 0 Å². The van der Waals surface area contributed by atoms with Gasteiger partial charge in [-0.2, -0.15) is 0 Å². The molecule has 1 saturated carbocycles. The summed E-state index contributed by atoms with van der Waals surface area (Å²) in [6, 6.07) is 6.35. The number of hydrogen-bond acceptors (Lipinski definition) is 4. The fourth-order valence-corrected chi connectivity index (χ4v) is 4.03. The molecule has 1 saturated heterocycles. The van der Waals surface area contributed by atoms with Crippen LogP contribution in [0.1, 0.15) is 37.1 Å². The Morgan fingerprint density at radius 3 is 3.04 bits per heavy atom. The number of nitrogens with one attached hydrogen (secondary N) is 1. The predicted molar refractivity (Wildman–Crippen MR) is 93.3 cm³/mol. The number of rotatable bonds is 2. The third kappa shape index (κ3) is 2.79. The number of thioether (sulfide) groups is 1. The number of hydrogen-bond donors (Lipinski definition) is 1. The van der Waals surface area contributed by atoms with Crippen LogP contribution in [0.2, 0.25) is 0 Å². The molecule has 1 aliphatic carbocycles. The highest BCUT2D eigenvalue weighted by Gasteiger charge is 2.26. The molecule has 0 atom stereocenters. The molecule has 2 aromatic rings. The Bertz CT molecular complexity index is 830. The lowest BCUT2D eigenvalue weighted by molar-refractivity contribution is -0.115. The average molecular weight is 326 g/mol. The highest BCUT2D eigenvalue weighted by atomic mass is 32.2. The molecular weight excluding hydrogens is 308 g/mol. The second-order valence-electron chi connectivity index (χ2n) is 5.98. The Morgan fingerprint density at radius 2 is 2.22 bits per heavy atom. The highest BCUT2D eigenvalue weighted by Crippen LogP contribution is 2.29. The predicted octanol–water partition coefficient (Wildman–Crippen LogP) is 3.15. The van der Waals surface area contributed by atoms with Crippen LogP contribution in [0.25, 0.3) is 11.7 Å². The van der Waals surface area contributed by atoms with Crippen molar-refractivity contribution in [2.24, 2.45) is 4.99 Å². The molecule has 0 bridgehead atoms. The molecule has 0 spiro atoms. The number of imidazole rings is 1. The van der Waals surface area contributed by atoms with Crippen LogP contribution in [-0.4, -0.2) is 26.5 Å². The van der Waals surface area contributed by atoms with Gasteiger partial charge in [-0.3, -0.25) is 14.2 Å². The highest BCUT2D eigenvalue weighted by molar-refractivity contribution is 8.18. The van der Waals surface area contributed by atoms with Gasteiger partial charge in [0.2, 0.25) is 0 Å². The average Bonchev–Trinajstić information content (AvgIpc) is 3.23. The molecule has 1 N–H and O–H groups in total. The largest absolute Gasteiger partial charge is 0.301 e. The molecule has 5 nitrogen and oxygen atoms in total. The van der Waals surface area contributed by atoms with Gasteiger partial charge in [-0.25, -0.2) is 4.98 Å². The Labute approximate surface area is 138 Å². The van der Waals surface area contributed by atoms with Gasteiger partial charge in [0.25, 0.3) is 5.91 Å².